The second-order valence-corrected chi connectivity index (χ2v) is 8.46. The van der Waals surface area contributed by atoms with Crippen LogP contribution in [0.2, 0.25) is 5.02 Å². The molecule has 1 aliphatic heterocycles. The molecule has 10 heteroatoms. The number of nitrogens with zero attached hydrogens (tertiary/aromatic N) is 5. The lowest BCUT2D eigenvalue weighted by Gasteiger charge is -2.08. The Morgan fingerprint density at radius 3 is 2.80 bits per heavy atom. The standard InChI is InChI=1S/C15H14ClN5O2S.ClH/c1-9-13-6-21-15(18-14(19-21)7-24(2,22)23)11-5-10(16)3-4-12(11)20(13)8-17-9;/h3-5,8H,6-7H2,1-2H3;1H. The monoisotopic (exact) mass is 399 g/mol. The maximum Gasteiger partial charge on any atom is 0.166 e. The van der Waals surface area contributed by atoms with Crippen molar-refractivity contribution in [2.45, 2.75) is 19.2 Å². The van der Waals surface area contributed by atoms with Gasteiger partial charge in [0.25, 0.3) is 0 Å². The van der Waals surface area contributed by atoms with Gasteiger partial charge in [-0.2, -0.15) is 5.10 Å². The van der Waals surface area contributed by atoms with Crippen molar-refractivity contribution >= 4 is 33.8 Å². The number of rotatable bonds is 2. The molecule has 0 radical (unpaired) electrons. The Labute approximate surface area is 156 Å². The van der Waals surface area contributed by atoms with Crippen LogP contribution in [0.1, 0.15) is 17.2 Å². The number of imidazole rings is 1. The maximum atomic E-state index is 11.6. The van der Waals surface area contributed by atoms with Crippen LogP contribution in [0, 0.1) is 6.92 Å². The smallest absolute Gasteiger partial charge is 0.166 e. The molecular weight excluding hydrogens is 385 g/mol. The van der Waals surface area contributed by atoms with Crippen molar-refractivity contribution in [2.24, 2.45) is 0 Å². The predicted octanol–water partition coefficient (Wildman–Crippen LogP) is 2.42. The molecule has 2 aromatic heterocycles. The van der Waals surface area contributed by atoms with Gasteiger partial charge >= 0.3 is 0 Å². The lowest BCUT2D eigenvalue weighted by atomic mass is 10.1. The molecule has 0 aliphatic carbocycles. The molecule has 0 spiro atoms. The Morgan fingerprint density at radius 1 is 1.32 bits per heavy atom. The van der Waals surface area contributed by atoms with E-state index in [9.17, 15) is 8.42 Å². The third-order valence-corrected chi connectivity index (χ3v) is 4.96. The highest BCUT2D eigenvalue weighted by Crippen LogP contribution is 2.33. The van der Waals surface area contributed by atoms with Crippen molar-refractivity contribution in [3.8, 4) is 17.1 Å². The molecule has 1 aromatic carbocycles. The first kappa shape index (κ1) is 17.9. The number of benzene rings is 1. The minimum atomic E-state index is -3.21. The Bertz CT molecular complexity index is 1070. The van der Waals surface area contributed by atoms with Crippen LogP contribution in [0.4, 0.5) is 0 Å². The summed E-state index contributed by atoms with van der Waals surface area (Å²) in [7, 11) is -3.21. The summed E-state index contributed by atoms with van der Waals surface area (Å²) in [6, 6.07) is 5.53. The lowest BCUT2D eigenvalue weighted by molar-refractivity contribution is 0.598. The summed E-state index contributed by atoms with van der Waals surface area (Å²) in [6.45, 7) is 2.39. The van der Waals surface area contributed by atoms with Crippen LogP contribution in [0.3, 0.4) is 0 Å². The molecule has 0 saturated heterocycles. The predicted molar refractivity (Wildman–Crippen MR) is 97.2 cm³/mol. The van der Waals surface area contributed by atoms with E-state index in [0.717, 1.165) is 22.6 Å². The van der Waals surface area contributed by atoms with Gasteiger partial charge in [-0.1, -0.05) is 11.6 Å². The zero-order valence-corrected chi connectivity index (χ0v) is 15.9. The van der Waals surface area contributed by atoms with Crippen LogP contribution in [0.5, 0.6) is 0 Å². The van der Waals surface area contributed by atoms with Crippen molar-refractivity contribution in [3.05, 3.63) is 46.8 Å². The molecule has 0 saturated carbocycles. The van der Waals surface area contributed by atoms with Gasteiger partial charge in [0.15, 0.2) is 21.5 Å². The largest absolute Gasteiger partial charge is 0.300 e. The molecule has 3 heterocycles. The van der Waals surface area contributed by atoms with Crippen molar-refractivity contribution in [2.75, 3.05) is 6.26 Å². The van der Waals surface area contributed by atoms with E-state index in [1.807, 2.05) is 29.7 Å². The Kier molecular flexibility index (Phi) is 4.38. The molecule has 3 aromatic rings. The average Bonchev–Trinajstić information content (AvgIpc) is 2.99. The number of halogens is 2. The average molecular weight is 400 g/mol. The van der Waals surface area contributed by atoms with E-state index in [2.05, 4.69) is 15.1 Å². The summed E-state index contributed by atoms with van der Waals surface area (Å²) in [6.07, 6.45) is 2.94. The van der Waals surface area contributed by atoms with Crippen LogP contribution in [0.15, 0.2) is 24.5 Å². The summed E-state index contributed by atoms with van der Waals surface area (Å²) in [5.41, 5.74) is 3.56. The van der Waals surface area contributed by atoms with Crippen LogP contribution in [0.25, 0.3) is 17.1 Å². The Hall–Kier alpha value is -1.90. The molecule has 0 amide bonds. The first-order chi connectivity index (χ1) is 11.3. The molecule has 25 heavy (non-hydrogen) atoms. The fraction of sp³-hybridized carbons (Fsp3) is 0.267. The molecule has 0 bridgehead atoms. The van der Waals surface area contributed by atoms with Crippen LogP contribution in [-0.4, -0.2) is 39.0 Å². The van der Waals surface area contributed by atoms with Crippen molar-refractivity contribution in [3.63, 3.8) is 0 Å². The molecule has 0 atom stereocenters. The summed E-state index contributed by atoms with van der Waals surface area (Å²) in [5.74, 6) is 0.694. The minimum absolute atomic E-state index is 0. The van der Waals surface area contributed by atoms with Crippen LogP contribution >= 0.6 is 24.0 Å². The third-order valence-electron chi connectivity index (χ3n) is 3.94. The first-order valence-electron chi connectivity index (χ1n) is 7.26. The molecular formula is C15H15Cl2N5O2S. The van der Waals surface area contributed by atoms with Crippen molar-refractivity contribution in [1.82, 2.24) is 24.3 Å². The highest BCUT2D eigenvalue weighted by Gasteiger charge is 2.25. The van der Waals surface area contributed by atoms with E-state index in [-0.39, 0.29) is 24.0 Å². The van der Waals surface area contributed by atoms with Gasteiger partial charge in [-0.15, -0.1) is 12.4 Å². The fourth-order valence-electron chi connectivity index (χ4n) is 2.89. The normalized spacial score (nSPS) is 12.6. The van der Waals surface area contributed by atoms with E-state index in [0.29, 0.717) is 17.4 Å². The molecule has 1 aliphatic rings. The zero-order chi connectivity index (χ0) is 17.1. The quantitative estimate of drug-likeness (QED) is 0.516. The highest BCUT2D eigenvalue weighted by molar-refractivity contribution is 7.89. The highest BCUT2D eigenvalue weighted by atomic mass is 35.5. The molecule has 0 N–H and O–H groups in total. The lowest BCUT2D eigenvalue weighted by Crippen LogP contribution is -2.07. The van der Waals surface area contributed by atoms with Gasteiger partial charge in [0.2, 0.25) is 0 Å². The van der Waals surface area contributed by atoms with Crippen molar-refractivity contribution in [1.29, 1.82) is 0 Å². The van der Waals surface area contributed by atoms with E-state index < -0.39 is 9.84 Å². The minimum Gasteiger partial charge on any atom is -0.300 e. The number of hydrogen-bond donors (Lipinski definition) is 0. The summed E-state index contributed by atoms with van der Waals surface area (Å²) < 4.78 is 26.8. The Balaban J connectivity index is 0.00000182. The third kappa shape index (κ3) is 3.17. The number of sulfone groups is 1. The second-order valence-electron chi connectivity index (χ2n) is 5.89. The van der Waals surface area contributed by atoms with E-state index in [1.165, 1.54) is 6.26 Å². The van der Waals surface area contributed by atoms with Gasteiger partial charge in [-0.05, 0) is 25.1 Å². The SMILES string of the molecule is Cc1ncn2c1Cn1nc(CS(C)(=O)=O)nc1-c1cc(Cl)ccc1-2.Cl. The molecule has 132 valence electrons. The van der Waals surface area contributed by atoms with E-state index in [4.69, 9.17) is 11.6 Å². The van der Waals surface area contributed by atoms with Crippen LogP contribution in [-0.2, 0) is 22.1 Å². The molecule has 4 rings (SSSR count). The number of aromatic nitrogens is 5. The topological polar surface area (TPSA) is 82.7 Å². The number of fused-ring (bicyclic) bond motifs is 5. The van der Waals surface area contributed by atoms with Crippen LogP contribution < -0.4 is 0 Å². The molecule has 7 nitrogen and oxygen atoms in total. The van der Waals surface area contributed by atoms with Gasteiger partial charge in [0.1, 0.15) is 5.75 Å². The second kappa shape index (κ2) is 6.12. The van der Waals surface area contributed by atoms with Crippen molar-refractivity contribution < 1.29 is 8.42 Å². The first-order valence-corrected chi connectivity index (χ1v) is 9.70. The molecule has 0 unspecified atom stereocenters. The van der Waals surface area contributed by atoms with Gasteiger partial charge in [-0.3, -0.25) is 0 Å². The van der Waals surface area contributed by atoms with Gasteiger partial charge < -0.3 is 4.57 Å². The number of aryl methyl sites for hydroxylation is 1. The fourth-order valence-corrected chi connectivity index (χ4v) is 3.66. The van der Waals surface area contributed by atoms with Gasteiger partial charge in [0, 0.05) is 16.8 Å². The summed E-state index contributed by atoms with van der Waals surface area (Å²) in [4.78, 5) is 8.82. The molecule has 0 fully saturated rings. The van der Waals surface area contributed by atoms with E-state index in [1.54, 1.807) is 11.0 Å². The maximum absolute atomic E-state index is 11.6. The number of hydrogen-bond acceptors (Lipinski definition) is 5. The van der Waals surface area contributed by atoms with Gasteiger partial charge in [0.05, 0.1) is 29.9 Å². The Morgan fingerprint density at radius 2 is 2.08 bits per heavy atom. The summed E-state index contributed by atoms with van der Waals surface area (Å²) in [5, 5.41) is 4.96. The summed E-state index contributed by atoms with van der Waals surface area (Å²) >= 11 is 6.16. The zero-order valence-electron chi connectivity index (χ0n) is 13.5. The van der Waals surface area contributed by atoms with Gasteiger partial charge in [-0.25, -0.2) is 23.1 Å². The van der Waals surface area contributed by atoms with E-state index >= 15 is 0 Å².